The Balaban J connectivity index is 1.84. The first-order chi connectivity index (χ1) is 10.3. The standard InChI is InChI=1S/C17H25ClN2O2/c1-17(2,3)16(21)22-11-12-6-8-20(9-7-12)15-5-4-13(18)10-14(15)19/h4-5,10,12H,6-9,11,19H2,1-3H3. The second kappa shape index (κ2) is 6.78. The van der Waals surface area contributed by atoms with E-state index in [1.807, 2.05) is 32.9 Å². The van der Waals surface area contributed by atoms with E-state index < -0.39 is 5.41 Å². The fourth-order valence-electron chi connectivity index (χ4n) is 2.56. The summed E-state index contributed by atoms with van der Waals surface area (Å²) in [6.45, 7) is 7.98. The van der Waals surface area contributed by atoms with E-state index in [-0.39, 0.29) is 5.97 Å². The number of nitrogen functional groups attached to an aromatic ring is 1. The molecule has 0 unspecified atom stereocenters. The lowest BCUT2D eigenvalue weighted by atomic mass is 9.95. The molecule has 0 saturated carbocycles. The minimum Gasteiger partial charge on any atom is -0.465 e. The van der Waals surface area contributed by atoms with Gasteiger partial charge in [0.1, 0.15) is 0 Å². The van der Waals surface area contributed by atoms with Gasteiger partial charge in [-0.15, -0.1) is 0 Å². The molecule has 1 saturated heterocycles. The quantitative estimate of drug-likeness (QED) is 0.680. The maximum atomic E-state index is 11.8. The molecular formula is C17H25ClN2O2. The van der Waals surface area contributed by atoms with Gasteiger partial charge in [-0.2, -0.15) is 0 Å². The highest BCUT2D eigenvalue weighted by atomic mass is 35.5. The maximum Gasteiger partial charge on any atom is 0.311 e. The van der Waals surface area contributed by atoms with Crippen LogP contribution in [0.2, 0.25) is 5.02 Å². The van der Waals surface area contributed by atoms with Gasteiger partial charge < -0.3 is 15.4 Å². The van der Waals surface area contributed by atoms with Crippen LogP contribution in [0.1, 0.15) is 33.6 Å². The highest BCUT2D eigenvalue weighted by Crippen LogP contribution is 2.30. The number of carbonyl (C=O) groups is 1. The molecule has 1 aromatic rings. The van der Waals surface area contributed by atoms with Crippen LogP contribution < -0.4 is 10.6 Å². The van der Waals surface area contributed by atoms with E-state index in [1.54, 1.807) is 6.07 Å². The summed E-state index contributed by atoms with van der Waals surface area (Å²) < 4.78 is 5.43. The molecule has 0 spiro atoms. The molecule has 2 N–H and O–H groups in total. The van der Waals surface area contributed by atoms with E-state index in [0.29, 0.717) is 23.2 Å². The van der Waals surface area contributed by atoms with Crippen molar-refractivity contribution in [1.29, 1.82) is 0 Å². The predicted octanol–water partition coefficient (Wildman–Crippen LogP) is 3.73. The van der Waals surface area contributed by atoms with Crippen LogP contribution >= 0.6 is 11.6 Å². The zero-order valence-electron chi connectivity index (χ0n) is 13.6. The summed E-state index contributed by atoms with van der Waals surface area (Å²) >= 11 is 5.94. The van der Waals surface area contributed by atoms with Crippen LogP contribution in [0.3, 0.4) is 0 Å². The molecule has 1 aliphatic heterocycles. The van der Waals surface area contributed by atoms with Gasteiger partial charge in [-0.05, 0) is 57.7 Å². The fourth-order valence-corrected chi connectivity index (χ4v) is 2.74. The number of nitrogens with two attached hydrogens (primary N) is 1. The first kappa shape index (κ1) is 16.9. The van der Waals surface area contributed by atoms with Crippen LogP contribution in [0.15, 0.2) is 18.2 Å². The van der Waals surface area contributed by atoms with Gasteiger partial charge in [0.15, 0.2) is 0 Å². The number of rotatable bonds is 3. The predicted molar refractivity (Wildman–Crippen MR) is 91.2 cm³/mol. The summed E-state index contributed by atoms with van der Waals surface area (Å²) in [4.78, 5) is 14.1. The Hall–Kier alpha value is -1.42. The van der Waals surface area contributed by atoms with Crippen molar-refractivity contribution >= 4 is 28.9 Å². The van der Waals surface area contributed by atoms with Crippen molar-refractivity contribution in [2.75, 3.05) is 30.3 Å². The number of halogens is 1. The zero-order valence-corrected chi connectivity index (χ0v) is 14.3. The molecule has 1 aromatic carbocycles. The molecule has 0 bridgehead atoms. The number of piperidine rings is 1. The Morgan fingerprint density at radius 2 is 2.00 bits per heavy atom. The third-order valence-corrected chi connectivity index (χ3v) is 4.24. The lowest BCUT2D eigenvalue weighted by molar-refractivity contribution is -0.154. The van der Waals surface area contributed by atoms with Gasteiger partial charge in [-0.3, -0.25) is 4.79 Å². The second-order valence-electron chi connectivity index (χ2n) is 6.98. The van der Waals surface area contributed by atoms with Gasteiger partial charge in [0, 0.05) is 18.1 Å². The van der Waals surface area contributed by atoms with Crippen LogP contribution in [0, 0.1) is 11.3 Å². The fraction of sp³-hybridized carbons (Fsp3) is 0.588. The molecule has 1 fully saturated rings. The van der Waals surface area contributed by atoms with Crippen molar-refractivity contribution < 1.29 is 9.53 Å². The van der Waals surface area contributed by atoms with Crippen LogP contribution in [0.5, 0.6) is 0 Å². The Kier molecular flexibility index (Phi) is 5.22. The van der Waals surface area contributed by atoms with E-state index in [2.05, 4.69) is 4.90 Å². The smallest absolute Gasteiger partial charge is 0.311 e. The molecule has 2 rings (SSSR count). The van der Waals surface area contributed by atoms with Gasteiger partial charge in [0.2, 0.25) is 0 Å². The average Bonchev–Trinajstić information content (AvgIpc) is 2.44. The number of benzene rings is 1. The summed E-state index contributed by atoms with van der Waals surface area (Å²) in [6.07, 6.45) is 2.00. The van der Waals surface area contributed by atoms with Crippen molar-refractivity contribution in [3.63, 3.8) is 0 Å². The lowest BCUT2D eigenvalue weighted by Gasteiger charge is -2.34. The molecule has 4 nitrogen and oxygen atoms in total. The summed E-state index contributed by atoms with van der Waals surface area (Å²) in [6, 6.07) is 5.62. The summed E-state index contributed by atoms with van der Waals surface area (Å²) in [5, 5.41) is 0.658. The Bertz CT molecular complexity index is 532. The van der Waals surface area contributed by atoms with Crippen molar-refractivity contribution in [2.24, 2.45) is 11.3 Å². The molecule has 0 radical (unpaired) electrons. The molecule has 0 aromatic heterocycles. The molecular weight excluding hydrogens is 300 g/mol. The SMILES string of the molecule is CC(C)(C)C(=O)OCC1CCN(c2ccc(Cl)cc2N)CC1. The van der Waals surface area contributed by atoms with Gasteiger partial charge >= 0.3 is 5.97 Å². The Morgan fingerprint density at radius 3 is 2.55 bits per heavy atom. The van der Waals surface area contributed by atoms with E-state index in [9.17, 15) is 4.79 Å². The summed E-state index contributed by atoms with van der Waals surface area (Å²) in [5.41, 5.74) is 7.36. The third-order valence-electron chi connectivity index (χ3n) is 4.01. The molecule has 1 heterocycles. The minimum absolute atomic E-state index is 0.128. The topological polar surface area (TPSA) is 55.6 Å². The number of esters is 1. The molecule has 1 aliphatic rings. The van der Waals surface area contributed by atoms with E-state index in [4.69, 9.17) is 22.1 Å². The normalized spacial score (nSPS) is 16.6. The molecule has 0 aliphatic carbocycles. The zero-order chi connectivity index (χ0) is 16.3. The van der Waals surface area contributed by atoms with Crippen LogP contribution in [-0.2, 0) is 9.53 Å². The van der Waals surface area contributed by atoms with Gasteiger partial charge in [0.25, 0.3) is 0 Å². The molecule has 5 heteroatoms. The van der Waals surface area contributed by atoms with Crippen LogP contribution in [0.25, 0.3) is 0 Å². The Morgan fingerprint density at radius 1 is 1.36 bits per heavy atom. The molecule has 122 valence electrons. The van der Waals surface area contributed by atoms with Crippen molar-refractivity contribution in [2.45, 2.75) is 33.6 Å². The summed E-state index contributed by atoms with van der Waals surface area (Å²) in [7, 11) is 0. The van der Waals surface area contributed by atoms with Crippen LogP contribution in [-0.4, -0.2) is 25.7 Å². The number of nitrogens with zero attached hydrogens (tertiary/aromatic N) is 1. The highest BCUT2D eigenvalue weighted by molar-refractivity contribution is 6.31. The number of anilines is 2. The monoisotopic (exact) mass is 324 g/mol. The average molecular weight is 325 g/mol. The van der Waals surface area contributed by atoms with Crippen LogP contribution in [0.4, 0.5) is 11.4 Å². The summed E-state index contributed by atoms with van der Waals surface area (Å²) in [5.74, 6) is 0.299. The van der Waals surface area contributed by atoms with Crippen molar-refractivity contribution in [1.82, 2.24) is 0 Å². The number of hydrogen-bond donors (Lipinski definition) is 1. The largest absolute Gasteiger partial charge is 0.465 e. The van der Waals surface area contributed by atoms with Crippen molar-refractivity contribution in [3.8, 4) is 0 Å². The van der Waals surface area contributed by atoms with E-state index in [1.165, 1.54) is 0 Å². The minimum atomic E-state index is -0.432. The first-order valence-corrected chi connectivity index (χ1v) is 8.12. The third kappa shape index (κ3) is 4.29. The van der Waals surface area contributed by atoms with E-state index >= 15 is 0 Å². The van der Waals surface area contributed by atoms with E-state index in [0.717, 1.165) is 31.6 Å². The molecule has 22 heavy (non-hydrogen) atoms. The number of ether oxygens (including phenoxy) is 1. The first-order valence-electron chi connectivity index (χ1n) is 7.74. The highest BCUT2D eigenvalue weighted by Gasteiger charge is 2.26. The number of hydrogen-bond acceptors (Lipinski definition) is 4. The number of carbonyl (C=O) groups excluding carboxylic acids is 1. The lowest BCUT2D eigenvalue weighted by Crippen LogP contribution is -2.36. The second-order valence-corrected chi connectivity index (χ2v) is 7.42. The Labute approximate surface area is 137 Å². The van der Waals surface area contributed by atoms with Crippen molar-refractivity contribution in [3.05, 3.63) is 23.2 Å². The van der Waals surface area contributed by atoms with Gasteiger partial charge in [-0.25, -0.2) is 0 Å². The molecule has 0 atom stereocenters. The van der Waals surface area contributed by atoms with Gasteiger partial charge in [0.05, 0.1) is 23.4 Å². The van der Waals surface area contributed by atoms with Gasteiger partial charge in [-0.1, -0.05) is 11.6 Å². The molecule has 0 amide bonds. The maximum absolute atomic E-state index is 11.8.